The molecule has 0 bridgehead atoms. The van der Waals surface area contributed by atoms with E-state index < -0.39 is 23.2 Å². The van der Waals surface area contributed by atoms with Gasteiger partial charge in [0, 0.05) is 5.56 Å². The first-order valence-electron chi connectivity index (χ1n) is 3.34. The van der Waals surface area contributed by atoms with E-state index in [1.165, 1.54) is 0 Å². The number of hydrogen-bond donors (Lipinski definition) is 1. The molecule has 0 fully saturated rings. The first-order valence-corrected chi connectivity index (χ1v) is 3.87. The van der Waals surface area contributed by atoms with E-state index in [9.17, 15) is 13.6 Å². The normalized spacial score (nSPS) is 10.1. The maximum atomic E-state index is 12.9. The van der Waals surface area contributed by atoms with Crippen LogP contribution in [0.4, 0.5) is 8.78 Å². The van der Waals surface area contributed by atoms with Gasteiger partial charge in [0.1, 0.15) is 0 Å². The summed E-state index contributed by atoms with van der Waals surface area (Å²) >= 11 is 5.28. The molecule has 0 radical (unpaired) electrons. The predicted molar refractivity (Wildman–Crippen MR) is 42.9 cm³/mol. The van der Waals surface area contributed by atoms with Crippen molar-refractivity contribution in [1.82, 2.24) is 0 Å². The first-order chi connectivity index (χ1) is 6.07. The van der Waals surface area contributed by atoms with Gasteiger partial charge in [-0.25, -0.2) is 13.6 Å². The van der Waals surface area contributed by atoms with Gasteiger partial charge in [0.25, 0.3) is 0 Å². The summed E-state index contributed by atoms with van der Waals surface area (Å²) in [5, 5.41) is 8.41. The van der Waals surface area contributed by atoms with Gasteiger partial charge in [-0.2, -0.15) is 0 Å². The number of alkyl halides is 1. The molecule has 0 aliphatic rings. The van der Waals surface area contributed by atoms with E-state index in [1.54, 1.807) is 0 Å². The molecule has 1 aromatic rings. The highest BCUT2D eigenvalue weighted by Gasteiger charge is 2.16. The second-order valence-corrected chi connectivity index (χ2v) is 2.61. The zero-order valence-corrected chi connectivity index (χ0v) is 7.11. The van der Waals surface area contributed by atoms with Crippen molar-refractivity contribution in [3.8, 4) is 0 Å². The highest BCUT2D eigenvalue weighted by atomic mass is 35.5. The molecule has 0 saturated carbocycles. The van der Waals surface area contributed by atoms with Crippen LogP contribution in [-0.4, -0.2) is 11.1 Å². The van der Waals surface area contributed by atoms with E-state index >= 15 is 0 Å². The smallest absolute Gasteiger partial charge is 0.338 e. The molecular weight excluding hydrogens is 202 g/mol. The number of benzene rings is 1. The largest absolute Gasteiger partial charge is 0.478 e. The maximum absolute atomic E-state index is 12.9. The number of halogens is 3. The molecule has 2 nitrogen and oxygen atoms in total. The van der Waals surface area contributed by atoms with Crippen LogP contribution in [0.25, 0.3) is 0 Å². The highest BCUT2D eigenvalue weighted by molar-refractivity contribution is 6.17. The van der Waals surface area contributed by atoms with Crippen LogP contribution in [0.5, 0.6) is 0 Å². The zero-order chi connectivity index (χ0) is 10.0. The summed E-state index contributed by atoms with van der Waals surface area (Å²) in [6, 6.07) is 2.13. The molecule has 13 heavy (non-hydrogen) atoms. The Morgan fingerprint density at radius 1 is 1.38 bits per heavy atom. The van der Waals surface area contributed by atoms with Crippen molar-refractivity contribution in [3.63, 3.8) is 0 Å². The van der Waals surface area contributed by atoms with Crippen molar-refractivity contribution in [2.45, 2.75) is 5.88 Å². The lowest BCUT2D eigenvalue weighted by molar-refractivity contribution is 0.0690. The van der Waals surface area contributed by atoms with Crippen LogP contribution in [-0.2, 0) is 5.88 Å². The highest BCUT2D eigenvalue weighted by Crippen LogP contribution is 2.17. The summed E-state index contributed by atoms with van der Waals surface area (Å²) < 4.78 is 25.8. The van der Waals surface area contributed by atoms with Crippen LogP contribution in [0.3, 0.4) is 0 Å². The molecular formula is C8H5ClF2O2. The lowest BCUT2D eigenvalue weighted by Crippen LogP contribution is -2.04. The molecule has 0 aliphatic carbocycles. The molecule has 0 spiro atoms. The van der Waals surface area contributed by atoms with Gasteiger partial charge in [0.2, 0.25) is 0 Å². The molecule has 70 valence electrons. The minimum absolute atomic E-state index is 0.0517. The lowest BCUT2D eigenvalue weighted by Gasteiger charge is -2.02. The predicted octanol–water partition coefficient (Wildman–Crippen LogP) is 2.40. The van der Waals surface area contributed by atoms with E-state index in [0.717, 1.165) is 12.1 Å². The Balaban J connectivity index is 3.31. The number of carbonyl (C=O) groups is 1. The van der Waals surface area contributed by atoms with Crippen LogP contribution in [0.15, 0.2) is 12.1 Å². The number of carboxylic acids is 1. The van der Waals surface area contributed by atoms with E-state index in [0.29, 0.717) is 0 Å². The Bertz CT molecular complexity index is 352. The third-order valence-electron chi connectivity index (χ3n) is 1.54. The summed E-state index contributed by atoms with van der Waals surface area (Å²) in [7, 11) is 0. The van der Waals surface area contributed by atoms with E-state index in [4.69, 9.17) is 16.7 Å². The minimum atomic E-state index is -1.50. The molecule has 0 saturated heterocycles. The number of carboxylic acid groups (broad SMARTS) is 1. The van der Waals surface area contributed by atoms with Crippen LogP contribution < -0.4 is 0 Å². The molecule has 1 N–H and O–H groups in total. The van der Waals surface area contributed by atoms with Gasteiger partial charge in [-0.15, -0.1) is 11.6 Å². The quantitative estimate of drug-likeness (QED) is 0.755. The first kappa shape index (κ1) is 9.92. The number of hydrogen-bond acceptors (Lipinski definition) is 1. The van der Waals surface area contributed by atoms with E-state index in [2.05, 4.69) is 0 Å². The fraction of sp³-hybridized carbons (Fsp3) is 0.125. The van der Waals surface area contributed by atoms with Gasteiger partial charge < -0.3 is 5.11 Å². The van der Waals surface area contributed by atoms with Gasteiger partial charge in [-0.05, 0) is 6.07 Å². The fourth-order valence-electron chi connectivity index (χ4n) is 0.858. The Labute approximate surface area is 77.8 Å². The second-order valence-electron chi connectivity index (χ2n) is 2.34. The van der Waals surface area contributed by atoms with Gasteiger partial charge >= 0.3 is 5.97 Å². The van der Waals surface area contributed by atoms with Crippen molar-refractivity contribution >= 4 is 17.6 Å². The SMILES string of the molecule is O=C(O)c1ccc(CCl)c(F)c1F. The summed E-state index contributed by atoms with van der Waals surface area (Å²) in [5.74, 6) is -4.26. The lowest BCUT2D eigenvalue weighted by atomic mass is 10.1. The standard InChI is InChI=1S/C8H5ClF2O2/c9-3-4-1-2-5(8(12)13)7(11)6(4)10/h1-2H,3H2,(H,12,13). The van der Waals surface area contributed by atoms with Crippen molar-refractivity contribution in [2.75, 3.05) is 0 Å². The van der Waals surface area contributed by atoms with Crippen LogP contribution >= 0.6 is 11.6 Å². The summed E-state index contributed by atoms with van der Waals surface area (Å²) in [5.41, 5.74) is -0.740. The van der Waals surface area contributed by atoms with E-state index in [1.807, 2.05) is 0 Å². The zero-order valence-electron chi connectivity index (χ0n) is 6.35. The van der Waals surface area contributed by atoms with Gasteiger partial charge in [0.05, 0.1) is 11.4 Å². The molecule has 0 atom stereocenters. The molecule has 0 heterocycles. The summed E-state index contributed by atoms with van der Waals surface area (Å²) in [6.45, 7) is 0. The molecule has 5 heteroatoms. The van der Waals surface area contributed by atoms with Crippen LogP contribution in [0, 0.1) is 11.6 Å². The Kier molecular flexibility index (Phi) is 2.83. The molecule has 1 aromatic carbocycles. The third-order valence-corrected chi connectivity index (χ3v) is 1.82. The van der Waals surface area contributed by atoms with Crippen molar-refractivity contribution in [3.05, 3.63) is 34.9 Å². The fourth-order valence-corrected chi connectivity index (χ4v) is 1.06. The maximum Gasteiger partial charge on any atom is 0.338 e. The number of rotatable bonds is 2. The Morgan fingerprint density at radius 2 is 2.00 bits per heavy atom. The molecule has 1 rings (SSSR count). The molecule has 0 amide bonds. The molecule has 0 aromatic heterocycles. The van der Waals surface area contributed by atoms with Crippen molar-refractivity contribution < 1.29 is 18.7 Å². The van der Waals surface area contributed by atoms with Crippen LogP contribution in [0.1, 0.15) is 15.9 Å². The minimum Gasteiger partial charge on any atom is -0.478 e. The van der Waals surface area contributed by atoms with Crippen LogP contribution in [0.2, 0.25) is 0 Å². The van der Waals surface area contributed by atoms with E-state index in [-0.39, 0.29) is 11.4 Å². The van der Waals surface area contributed by atoms with Crippen molar-refractivity contribution in [2.24, 2.45) is 0 Å². The molecule has 0 aliphatic heterocycles. The Morgan fingerprint density at radius 3 is 2.46 bits per heavy atom. The molecule has 0 unspecified atom stereocenters. The van der Waals surface area contributed by atoms with Gasteiger partial charge in [-0.3, -0.25) is 0 Å². The second kappa shape index (κ2) is 3.70. The monoisotopic (exact) mass is 206 g/mol. The van der Waals surface area contributed by atoms with Crippen molar-refractivity contribution in [1.29, 1.82) is 0 Å². The van der Waals surface area contributed by atoms with Gasteiger partial charge in [-0.1, -0.05) is 6.07 Å². The average Bonchev–Trinajstić information content (AvgIpc) is 2.09. The average molecular weight is 207 g/mol. The number of aromatic carboxylic acids is 1. The topological polar surface area (TPSA) is 37.3 Å². The third kappa shape index (κ3) is 1.78. The van der Waals surface area contributed by atoms with Gasteiger partial charge in [0.15, 0.2) is 11.6 Å². The summed E-state index contributed by atoms with van der Waals surface area (Å²) in [4.78, 5) is 10.3. The summed E-state index contributed by atoms with van der Waals surface area (Å²) in [6.07, 6.45) is 0. The Hall–Kier alpha value is -1.16.